The Bertz CT molecular complexity index is 880. The number of anilines is 1. The molecule has 1 aromatic rings. The summed E-state index contributed by atoms with van der Waals surface area (Å²) in [6.45, 7) is 4.96. The zero-order valence-corrected chi connectivity index (χ0v) is 16.2. The van der Waals surface area contributed by atoms with Gasteiger partial charge in [-0.15, -0.1) is 0 Å². The van der Waals surface area contributed by atoms with E-state index in [1.807, 2.05) is 12.2 Å². The number of fused-ring (bicyclic) bond motifs is 5. The summed E-state index contributed by atoms with van der Waals surface area (Å²) in [7, 11) is 0. The molecule has 0 aromatic heterocycles. The molecular formula is C22H23NO5. The molecule has 0 unspecified atom stereocenters. The number of benzene rings is 1. The molecule has 2 amide bonds. The van der Waals surface area contributed by atoms with Crippen molar-refractivity contribution in [3.63, 3.8) is 0 Å². The van der Waals surface area contributed by atoms with Crippen molar-refractivity contribution in [2.24, 2.45) is 29.1 Å². The van der Waals surface area contributed by atoms with Gasteiger partial charge in [0.15, 0.2) is 12.4 Å². The molecule has 2 fully saturated rings. The minimum Gasteiger partial charge on any atom is -0.454 e. The lowest BCUT2D eigenvalue weighted by molar-refractivity contribution is -0.129. The molecule has 1 saturated carbocycles. The number of ether oxygens (including phenoxy) is 1. The largest absolute Gasteiger partial charge is 0.454 e. The predicted octanol–water partition coefficient (Wildman–Crippen LogP) is 2.77. The van der Waals surface area contributed by atoms with Crippen LogP contribution in [-0.4, -0.2) is 30.2 Å². The fourth-order valence-corrected chi connectivity index (χ4v) is 4.36. The van der Waals surface area contributed by atoms with E-state index < -0.39 is 11.4 Å². The summed E-state index contributed by atoms with van der Waals surface area (Å²) >= 11 is 0. The molecule has 6 heteroatoms. The van der Waals surface area contributed by atoms with E-state index in [2.05, 4.69) is 0 Å². The lowest BCUT2D eigenvalue weighted by Crippen LogP contribution is -2.33. The van der Waals surface area contributed by atoms with E-state index in [4.69, 9.17) is 4.74 Å². The SMILES string of the molecule is CC(C)(C)C(=O)COC(=O)c1cccc(N2C(=O)[C@@H]3[C@H](C2=O)[C@H]2C=C[C@H]3C2)c1. The molecule has 0 N–H and O–H groups in total. The number of rotatable bonds is 4. The standard InChI is InChI=1S/C22H23NO5/c1-22(2,3)16(24)11-28-21(27)14-5-4-6-15(10-14)23-19(25)17-12-7-8-13(9-12)18(17)20(23)26/h4-8,10,12-13,17-18H,9,11H2,1-3H3/t12-,13-,17-,18+/m0/s1. The first-order valence-corrected chi connectivity index (χ1v) is 9.55. The Morgan fingerprint density at radius 3 is 2.25 bits per heavy atom. The second-order valence-corrected chi connectivity index (χ2v) is 8.81. The Hall–Kier alpha value is -2.76. The molecular weight excluding hydrogens is 358 g/mol. The van der Waals surface area contributed by atoms with Gasteiger partial charge in [0, 0.05) is 5.41 Å². The van der Waals surface area contributed by atoms with Crippen LogP contribution in [0.2, 0.25) is 0 Å². The number of nitrogens with zero attached hydrogens (tertiary/aromatic N) is 1. The highest BCUT2D eigenvalue weighted by Crippen LogP contribution is 2.53. The summed E-state index contributed by atoms with van der Waals surface area (Å²) in [5.74, 6) is -1.54. The van der Waals surface area contributed by atoms with Crippen molar-refractivity contribution in [2.45, 2.75) is 27.2 Å². The second kappa shape index (κ2) is 6.40. The lowest BCUT2D eigenvalue weighted by Gasteiger charge is -2.18. The summed E-state index contributed by atoms with van der Waals surface area (Å²) in [5, 5.41) is 0. The van der Waals surface area contributed by atoms with Gasteiger partial charge in [0.05, 0.1) is 23.1 Å². The van der Waals surface area contributed by atoms with Crippen molar-refractivity contribution >= 4 is 29.3 Å². The van der Waals surface area contributed by atoms with Crippen LogP contribution in [0.4, 0.5) is 5.69 Å². The third-order valence-corrected chi connectivity index (χ3v) is 5.98. The number of Topliss-reactive ketones (excluding diaryl/α,β-unsaturated/α-hetero) is 1. The van der Waals surface area contributed by atoms with E-state index in [1.165, 1.54) is 11.0 Å². The van der Waals surface area contributed by atoms with Gasteiger partial charge in [0.2, 0.25) is 11.8 Å². The Labute approximate surface area is 163 Å². The molecule has 2 bridgehead atoms. The third-order valence-electron chi connectivity index (χ3n) is 5.98. The van der Waals surface area contributed by atoms with Crippen LogP contribution < -0.4 is 4.90 Å². The van der Waals surface area contributed by atoms with Gasteiger partial charge in [-0.25, -0.2) is 9.69 Å². The lowest BCUT2D eigenvalue weighted by atomic mass is 9.85. The molecule has 1 aromatic carbocycles. The number of esters is 1. The summed E-state index contributed by atoms with van der Waals surface area (Å²) in [6, 6.07) is 6.28. The van der Waals surface area contributed by atoms with E-state index in [-0.39, 0.29) is 53.4 Å². The molecule has 3 aliphatic rings. The van der Waals surface area contributed by atoms with Gasteiger partial charge in [-0.3, -0.25) is 14.4 Å². The van der Waals surface area contributed by atoms with Crippen molar-refractivity contribution in [3.8, 4) is 0 Å². The van der Waals surface area contributed by atoms with Crippen molar-refractivity contribution in [1.29, 1.82) is 0 Å². The molecule has 0 radical (unpaired) electrons. The normalized spacial score (nSPS) is 28.0. The molecule has 2 aliphatic carbocycles. The van der Waals surface area contributed by atoms with Crippen LogP contribution in [0.25, 0.3) is 0 Å². The number of amides is 2. The topological polar surface area (TPSA) is 80.8 Å². The quantitative estimate of drug-likeness (QED) is 0.455. The van der Waals surface area contributed by atoms with Gasteiger partial charge in [0.25, 0.3) is 0 Å². The number of ketones is 1. The monoisotopic (exact) mass is 381 g/mol. The van der Waals surface area contributed by atoms with E-state index in [9.17, 15) is 19.2 Å². The summed E-state index contributed by atoms with van der Waals surface area (Å²) in [4.78, 5) is 51.3. The fraction of sp³-hybridized carbons (Fsp3) is 0.455. The van der Waals surface area contributed by atoms with Crippen LogP contribution >= 0.6 is 0 Å². The van der Waals surface area contributed by atoms with E-state index in [0.717, 1.165) is 6.42 Å². The minimum absolute atomic E-state index is 0.132. The van der Waals surface area contributed by atoms with E-state index in [1.54, 1.807) is 39.0 Å². The molecule has 4 atom stereocenters. The maximum Gasteiger partial charge on any atom is 0.338 e. The highest BCUT2D eigenvalue weighted by Gasteiger charge is 2.59. The van der Waals surface area contributed by atoms with Crippen molar-refractivity contribution in [3.05, 3.63) is 42.0 Å². The number of imide groups is 1. The highest BCUT2D eigenvalue weighted by atomic mass is 16.5. The van der Waals surface area contributed by atoms with Crippen LogP contribution in [-0.2, 0) is 19.1 Å². The summed E-state index contributed by atoms with van der Waals surface area (Å²) in [6.07, 6.45) is 4.95. The molecule has 6 nitrogen and oxygen atoms in total. The molecule has 1 heterocycles. The summed E-state index contributed by atoms with van der Waals surface area (Å²) in [5.41, 5.74) is -0.0137. The van der Waals surface area contributed by atoms with Crippen LogP contribution in [0.15, 0.2) is 36.4 Å². The summed E-state index contributed by atoms with van der Waals surface area (Å²) < 4.78 is 5.12. The number of carbonyl (C=O) groups is 4. The number of hydrogen-bond donors (Lipinski definition) is 0. The number of carbonyl (C=O) groups excluding carboxylic acids is 4. The Morgan fingerprint density at radius 2 is 1.68 bits per heavy atom. The Morgan fingerprint density at radius 1 is 1.07 bits per heavy atom. The van der Waals surface area contributed by atoms with Crippen molar-refractivity contribution in [2.75, 3.05) is 11.5 Å². The maximum atomic E-state index is 12.9. The highest BCUT2D eigenvalue weighted by molar-refractivity contribution is 6.23. The average molecular weight is 381 g/mol. The number of allylic oxidation sites excluding steroid dienone is 2. The van der Waals surface area contributed by atoms with Crippen LogP contribution in [0.1, 0.15) is 37.6 Å². The molecule has 0 spiro atoms. The van der Waals surface area contributed by atoms with Gasteiger partial charge in [-0.2, -0.15) is 0 Å². The second-order valence-electron chi connectivity index (χ2n) is 8.81. The van der Waals surface area contributed by atoms with Gasteiger partial charge in [-0.1, -0.05) is 39.0 Å². The van der Waals surface area contributed by atoms with Crippen LogP contribution in [0.5, 0.6) is 0 Å². The molecule has 1 aliphatic heterocycles. The molecule has 28 heavy (non-hydrogen) atoms. The Balaban J connectivity index is 1.52. The van der Waals surface area contributed by atoms with Gasteiger partial charge < -0.3 is 4.74 Å². The van der Waals surface area contributed by atoms with Gasteiger partial charge in [-0.05, 0) is 36.5 Å². The first-order valence-electron chi connectivity index (χ1n) is 9.55. The van der Waals surface area contributed by atoms with Gasteiger partial charge in [0.1, 0.15) is 0 Å². The maximum absolute atomic E-state index is 12.9. The van der Waals surface area contributed by atoms with Crippen LogP contribution in [0, 0.1) is 29.1 Å². The van der Waals surface area contributed by atoms with Crippen molar-refractivity contribution in [1.82, 2.24) is 0 Å². The first-order chi connectivity index (χ1) is 13.2. The molecule has 146 valence electrons. The number of hydrogen-bond acceptors (Lipinski definition) is 5. The predicted molar refractivity (Wildman–Crippen MR) is 101 cm³/mol. The molecule has 1 saturated heterocycles. The fourth-order valence-electron chi connectivity index (χ4n) is 4.36. The van der Waals surface area contributed by atoms with Gasteiger partial charge >= 0.3 is 5.97 Å². The molecule has 4 rings (SSSR count). The Kier molecular flexibility index (Phi) is 4.25. The zero-order valence-electron chi connectivity index (χ0n) is 16.2. The smallest absolute Gasteiger partial charge is 0.338 e. The average Bonchev–Trinajstić information content (AvgIpc) is 3.32. The van der Waals surface area contributed by atoms with E-state index in [0.29, 0.717) is 5.69 Å². The first kappa shape index (κ1) is 18.6. The third kappa shape index (κ3) is 2.87. The van der Waals surface area contributed by atoms with E-state index >= 15 is 0 Å². The van der Waals surface area contributed by atoms with Crippen molar-refractivity contribution < 1.29 is 23.9 Å². The van der Waals surface area contributed by atoms with Crippen LogP contribution in [0.3, 0.4) is 0 Å². The minimum atomic E-state index is -0.652. The zero-order chi connectivity index (χ0) is 20.2.